The number of nitro benzene ring substituents is 1. The van der Waals surface area contributed by atoms with Gasteiger partial charge in [-0.1, -0.05) is 0 Å². The maximum atomic E-state index is 12.1. The fraction of sp³-hybridized carbons (Fsp3) is 0.0769. The molecule has 0 aliphatic rings. The molecule has 18 heavy (non-hydrogen) atoms. The van der Waals surface area contributed by atoms with Crippen molar-refractivity contribution in [3.05, 3.63) is 69.5 Å². The first-order valence-corrected chi connectivity index (χ1v) is 5.29. The van der Waals surface area contributed by atoms with Crippen molar-refractivity contribution in [2.75, 3.05) is 0 Å². The first-order valence-electron chi connectivity index (χ1n) is 5.29. The van der Waals surface area contributed by atoms with Crippen molar-refractivity contribution < 1.29 is 9.72 Å². The third kappa shape index (κ3) is 2.40. The van der Waals surface area contributed by atoms with Crippen LogP contribution in [0, 0.1) is 17.0 Å². The highest BCUT2D eigenvalue weighted by atomic mass is 16.6. The maximum Gasteiger partial charge on any atom is 0.270 e. The number of carbonyl (C=O) groups is 1. The molecule has 0 aliphatic heterocycles. The van der Waals surface area contributed by atoms with Crippen molar-refractivity contribution in [3.8, 4) is 0 Å². The Labute approximate surface area is 103 Å². The number of benzene rings is 1. The lowest BCUT2D eigenvalue weighted by molar-refractivity contribution is -0.384. The fourth-order valence-corrected chi connectivity index (χ4v) is 1.66. The van der Waals surface area contributed by atoms with Gasteiger partial charge in [0, 0.05) is 35.7 Å². The molecule has 2 rings (SSSR count). The molecule has 0 radical (unpaired) electrons. The molecule has 0 saturated heterocycles. The number of carbonyl (C=O) groups excluding carboxylic acids is 1. The molecule has 0 amide bonds. The number of pyridine rings is 1. The van der Waals surface area contributed by atoms with Crippen LogP contribution in [-0.4, -0.2) is 15.7 Å². The van der Waals surface area contributed by atoms with Gasteiger partial charge < -0.3 is 0 Å². The van der Waals surface area contributed by atoms with Crippen LogP contribution in [0.3, 0.4) is 0 Å². The van der Waals surface area contributed by atoms with Crippen LogP contribution in [0.25, 0.3) is 0 Å². The van der Waals surface area contributed by atoms with E-state index in [1.807, 2.05) is 0 Å². The molecule has 0 fully saturated rings. The summed E-state index contributed by atoms with van der Waals surface area (Å²) < 4.78 is 0. The zero-order valence-electron chi connectivity index (χ0n) is 9.66. The highest BCUT2D eigenvalue weighted by molar-refractivity contribution is 6.09. The molecule has 5 nitrogen and oxygen atoms in total. The third-order valence-corrected chi connectivity index (χ3v) is 2.46. The number of hydrogen-bond acceptors (Lipinski definition) is 4. The number of rotatable bonds is 3. The van der Waals surface area contributed by atoms with E-state index in [-0.39, 0.29) is 11.5 Å². The van der Waals surface area contributed by atoms with Crippen molar-refractivity contribution in [3.63, 3.8) is 0 Å². The van der Waals surface area contributed by atoms with Gasteiger partial charge in [0.15, 0.2) is 5.78 Å². The monoisotopic (exact) mass is 242 g/mol. The van der Waals surface area contributed by atoms with Gasteiger partial charge in [0.2, 0.25) is 0 Å². The molecule has 1 aromatic heterocycles. The molecule has 0 atom stereocenters. The summed E-state index contributed by atoms with van der Waals surface area (Å²) in [5, 5.41) is 10.7. The topological polar surface area (TPSA) is 73.1 Å². The van der Waals surface area contributed by atoms with E-state index < -0.39 is 4.92 Å². The summed E-state index contributed by atoms with van der Waals surface area (Å²) in [5.41, 5.74) is 1.31. The Bertz CT molecular complexity index is 609. The minimum atomic E-state index is -0.507. The summed E-state index contributed by atoms with van der Waals surface area (Å²) in [6, 6.07) is 7.62. The molecule has 0 aliphatic carbocycles. The Morgan fingerprint density at radius 3 is 2.67 bits per heavy atom. The zero-order valence-corrected chi connectivity index (χ0v) is 9.66. The molecule has 2 aromatic rings. The van der Waals surface area contributed by atoms with Crippen LogP contribution in [0.1, 0.15) is 21.5 Å². The molecule has 1 heterocycles. The Morgan fingerprint density at radius 1 is 1.28 bits per heavy atom. The second-order valence-electron chi connectivity index (χ2n) is 3.89. The van der Waals surface area contributed by atoms with Crippen LogP contribution >= 0.6 is 0 Å². The van der Waals surface area contributed by atoms with Crippen LogP contribution in [0.5, 0.6) is 0 Å². The van der Waals surface area contributed by atoms with Gasteiger partial charge in [0.05, 0.1) is 4.92 Å². The quantitative estimate of drug-likeness (QED) is 0.471. The number of hydrogen-bond donors (Lipinski definition) is 0. The molecule has 0 saturated carbocycles. The molecular formula is C13H10N2O3. The van der Waals surface area contributed by atoms with Gasteiger partial charge in [-0.05, 0) is 30.7 Å². The van der Waals surface area contributed by atoms with Crippen LogP contribution in [0.2, 0.25) is 0 Å². The number of ketones is 1. The van der Waals surface area contributed by atoms with Gasteiger partial charge in [0.25, 0.3) is 5.69 Å². The van der Waals surface area contributed by atoms with E-state index in [2.05, 4.69) is 4.98 Å². The summed E-state index contributed by atoms with van der Waals surface area (Å²) in [7, 11) is 0. The third-order valence-electron chi connectivity index (χ3n) is 2.46. The molecule has 5 heteroatoms. The second kappa shape index (κ2) is 4.75. The van der Waals surface area contributed by atoms with Crippen molar-refractivity contribution in [1.82, 2.24) is 4.98 Å². The highest BCUT2D eigenvalue weighted by Crippen LogP contribution is 2.19. The van der Waals surface area contributed by atoms with Gasteiger partial charge in [0.1, 0.15) is 0 Å². The predicted octanol–water partition coefficient (Wildman–Crippen LogP) is 2.53. The standard InChI is InChI=1S/C13H10N2O3/c1-9-5-11(7-12(6-9)15(17)18)13(16)10-3-2-4-14-8-10/h2-8H,1H3. The first kappa shape index (κ1) is 11.9. The van der Waals surface area contributed by atoms with E-state index in [0.717, 1.165) is 0 Å². The maximum absolute atomic E-state index is 12.1. The van der Waals surface area contributed by atoms with Gasteiger partial charge in [-0.3, -0.25) is 19.9 Å². The normalized spacial score (nSPS) is 10.1. The molecule has 0 bridgehead atoms. The van der Waals surface area contributed by atoms with Gasteiger partial charge in [-0.15, -0.1) is 0 Å². The van der Waals surface area contributed by atoms with Gasteiger partial charge in [-0.25, -0.2) is 0 Å². The lowest BCUT2D eigenvalue weighted by atomic mass is 10.0. The summed E-state index contributed by atoms with van der Waals surface area (Å²) >= 11 is 0. The molecule has 1 aromatic carbocycles. The van der Waals surface area contributed by atoms with E-state index in [0.29, 0.717) is 16.7 Å². The average Bonchev–Trinajstić information content (AvgIpc) is 2.38. The average molecular weight is 242 g/mol. The molecule has 0 spiro atoms. The number of aromatic nitrogens is 1. The second-order valence-corrected chi connectivity index (χ2v) is 3.89. The van der Waals surface area contributed by atoms with Gasteiger partial charge >= 0.3 is 0 Å². The van der Waals surface area contributed by atoms with E-state index in [1.165, 1.54) is 18.3 Å². The van der Waals surface area contributed by atoms with Crippen molar-refractivity contribution in [2.45, 2.75) is 6.92 Å². The Balaban J connectivity index is 2.46. The largest absolute Gasteiger partial charge is 0.289 e. The lowest BCUT2D eigenvalue weighted by Crippen LogP contribution is -2.03. The lowest BCUT2D eigenvalue weighted by Gasteiger charge is -2.02. The Morgan fingerprint density at radius 2 is 2.06 bits per heavy atom. The van der Waals surface area contributed by atoms with E-state index in [4.69, 9.17) is 0 Å². The van der Waals surface area contributed by atoms with Crippen molar-refractivity contribution in [2.24, 2.45) is 0 Å². The van der Waals surface area contributed by atoms with E-state index >= 15 is 0 Å². The Hall–Kier alpha value is -2.56. The van der Waals surface area contributed by atoms with E-state index in [9.17, 15) is 14.9 Å². The van der Waals surface area contributed by atoms with Crippen LogP contribution in [0.4, 0.5) is 5.69 Å². The number of nitrogens with zero attached hydrogens (tertiary/aromatic N) is 2. The number of non-ortho nitro benzene ring substituents is 1. The summed E-state index contributed by atoms with van der Waals surface area (Å²) in [6.07, 6.45) is 3.01. The smallest absolute Gasteiger partial charge is 0.270 e. The molecular weight excluding hydrogens is 232 g/mol. The number of nitro groups is 1. The summed E-state index contributed by atoms with van der Waals surface area (Å²) in [6.45, 7) is 1.72. The molecule has 0 unspecified atom stereocenters. The SMILES string of the molecule is Cc1cc(C(=O)c2cccnc2)cc([N+](=O)[O-])c1. The zero-order chi connectivity index (χ0) is 13.1. The minimum Gasteiger partial charge on any atom is -0.289 e. The predicted molar refractivity (Wildman–Crippen MR) is 65.5 cm³/mol. The fourth-order valence-electron chi connectivity index (χ4n) is 1.66. The minimum absolute atomic E-state index is 0.0813. The first-order chi connectivity index (χ1) is 8.58. The Kier molecular flexibility index (Phi) is 3.14. The van der Waals surface area contributed by atoms with Crippen molar-refractivity contribution in [1.29, 1.82) is 0 Å². The van der Waals surface area contributed by atoms with Gasteiger partial charge in [-0.2, -0.15) is 0 Å². The summed E-state index contributed by atoms with van der Waals surface area (Å²) in [4.78, 5) is 26.2. The van der Waals surface area contributed by atoms with Crippen LogP contribution in [-0.2, 0) is 0 Å². The highest BCUT2D eigenvalue weighted by Gasteiger charge is 2.14. The molecule has 90 valence electrons. The van der Waals surface area contributed by atoms with Crippen molar-refractivity contribution >= 4 is 11.5 Å². The summed E-state index contributed by atoms with van der Waals surface area (Å²) in [5.74, 6) is -0.269. The van der Waals surface area contributed by atoms with E-state index in [1.54, 1.807) is 31.3 Å². The molecule has 0 N–H and O–H groups in total. The van der Waals surface area contributed by atoms with Crippen LogP contribution < -0.4 is 0 Å². The number of aryl methyl sites for hydroxylation is 1. The van der Waals surface area contributed by atoms with Crippen LogP contribution in [0.15, 0.2) is 42.7 Å².